The first-order chi connectivity index (χ1) is 18.0. The summed E-state index contributed by atoms with van der Waals surface area (Å²) in [6.07, 6.45) is 1.97. The minimum Gasteiger partial charge on any atom is -0.352 e. The van der Waals surface area contributed by atoms with Crippen molar-refractivity contribution in [2.24, 2.45) is 0 Å². The summed E-state index contributed by atoms with van der Waals surface area (Å²) in [5, 5.41) is 10.6. The van der Waals surface area contributed by atoms with E-state index in [1.807, 2.05) is 77.6 Å². The molecule has 2 aromatic heterocycles. The van der Waals surface area contributed by atoms with E-state index in [4.69, 9.17) is 16.7 Å². The largest absolute Gasteiger partial charge is 0.352 e. The number of halogens is 1. The number of benzene rings is 2. The smallest absolute Gasteiger partial charge is 0.240 e. The van der Waals surface area contributed by atoms with E-state index in [0.717, 1.165) is 45.8 Å². The van der Waals surface area contributed by atoms with Crippen LogP contribution in [0.3, 0.4) is 0 Å². The van der Waals surface area contributed by atoms with E-state index < -0.39 is 0 Å². The SMILES string of the molecule is Cc1ccccc1-n1nc(-c2cccs2)c2c1N(CC(=O)NC1CC1)C(=O)CS[C@H]2c1cccc(Cl)c1. The van der Waals surface area contributed by atoms with Crippen LogP contribution >= 0.6 is 34.7 Å². The van der Waals surface area contributed by atoms with Crippen molar-refractivity contribution in [2.75, 3.05) is 17.2 Å². The minimum atomic E-state index is -0.191. The lowest BCUT2D eigenvalue weighted by Crippen LogP contribution is -2.43. The highest BCUT2D eigenvalue weighted by atomic mass is 35.5. The standard InChI is InChI=1S/C28H25ClN4O2S2/c1-17-6-2-3-9-21(17)33-28-25(26(31-33)22-10-5-13-36-22)27(18-7-4-8-19(29)14-18)37-16-24(35)32(28)15-23(34)30-20-11-12-20/h2-10,13-14,20,27H,11-12,15-16H2,1H3,(H,30,34)/t27-/m0/s1. The zero-order chi connectivity index (χ0) is 25.5. The van der Waals surface area contributed by atoms with Crippen molar-refractivity contribution in [3.63, 3.8) is 0 Å². The van der Waals surface area contributed by atoms with Crippen molar-refractivity contribution in [2.45, 2.75) is 31.1 Å². The van der Waals surface area contributed by atoms with Crippen molar-refractivity contribution in [1.29, 1.82) is 0 Å². The second-order valence-electron chi connectivity index (χ2n) is 9.33. The normalized spacial score (nSPS) is 17.4. The number of hydrogen-bond acceptors (Lipinski definition) is 5. The Kier molecular flexibility index (Phi) is 6.56. The summed E-state index contributed by atoms with van der Waals surface area (Å²) < 4.78 is 1.85. The third-order valence-corrected chi connectivity index (χ3v) is 8.95. The van der Waals surface area contributed by atoms with Crippen LogP contribution in [0.25, 0.3) is 16.3 Å². The van der Waals surface area contributed by atoms with E-state index in [1.165, 1.54) is 0 Å². The van der Waals surface area contributed by atoms with Crippen LogP contribution in [0.5, 0.6) is 0 Å². The van der Waals surface area contributed by atoms with Crippen molar-refractivity contribution >= 4 is 52.3 Å². The first kappa shape index (κ1) is 24.3. The van der Waals surface area contributed by atoms with Gasteiger partial charge in [0.15, 0.2) is 0 Å². The average Bonchev–Trinajstić information content (AvgIpc) is 3.41. The van der Waals surface area contributed by atoms with Gasteiger partial charge in [0.25, 0.3) is 0 Å². The lowest BCUT2D eigenvalue weighted by molar-refractivity contribution is -0.123. The molecule has 1 saturated carbocycles. The summed E-state index contributed by atoms with van der Waals surface area (Å²) in [6.45, 7) is 1.98. The van der Waals surface area contributed by atoms with Gasteiger partial charge < -0.3 is 5.32 Å². The molecular weight excluding hydrogens is 524 g/mol. The van der Waals surface area contributed by atoms with Crippen LogP contribution in [0.4, 0.5) is 5.82 Å². The molecule has 1 N–H and O–H groups in total. The zero-order valence-corrected chi connectivity index (χ0v) is 22.6. The first-order valence-electron chi connectivity index (χ1n) is 12.2. The number of carbonyl (C=O) groups excluding carboxylic acids is 2. The van der Waals surface area contributed by atoms with Crippen LogP contribution in [0.15, 0.2) is 66.0 Å². The van der Waals surface area contributed by atoms with E-state index in [1.54, 1.807) is 28.0 Å². The maximum atomic E-state index is 13.7. The Morgan fingerprint density at radius 3 is 2.70 bits per heavy atom. The number of anilines is 1. The van der Waals surface area contributed by atoms with Crippen LogP contribution in [0, 0.1) is 6.92 Å². The van der Waals surface area contributed by atoms with Gasteiger partial charge in [-0.2, -0.15) is 5.10 Å². The zero-order valence-electron chi connectivity index (χ0n) is 20.2. The highest BCUT2D eigenvalue weighted by Gasteiger charge is 2.38. The van der Waals surface area contributed by atoms with Gasteiger partial charge >= 0.3 is 0 Å². The van der Waals surface area contributed by atoms with Gasteiger partial charge in [-0.15, -0.1) is 23.1 Å². The Hall–Kier alpha value is -3.07. The van der Waals surface area contributed by atoms with E-state index in [2.05, 4.69) is 5.32 Å². The highest BCUT2D eigenvalue weighted by molar-refractivity contribution is 8.00. The summed E-state index contributed by atoms with van der Waals surface area (Å²) >= 11 is 9.57. The number of thiophene rings is 1. The summed E-state index contributed by atoms with van der Waals surface area (Å²) in [6, 6.07) is 20.0. The maximum absolute atomic E-state index is 13.7. The van der Waals surface area contributed by atoms with Crippen LogP contribution < -0.4 is 10.2 Å². The van der Waals surface area contributed by atoms with Crippen LogP contribution in [0.2, 0.25) is 5.02 Å². The number of thioether (sulfide) groups is 1. The number of aromatic nitrogens is 2. The molecule has 0 bridgehead atoms. The van der Waals surface area contributed by atoms with Gasteiger partial charge in [-0.3, -0.25) is 14.5 Å². The molecule has 1 fully saturated rings. The van der Waals surface area contributed by atoms with Crippen molar-refractivity contribution in [1.82, 2.24) is 15.1 Å². The fraction of sp³-hybridized carbons (Fsp3) is 0.250. The number of hydrogen-bond donors (Lipinski definition) is 1. The first-order valence-corrected chi connectivity index (χ1v) is 14.5. The van der Waals surface area contributed by atoms with E-state index in [0.29, 0.717) is 10.8 Å². The van der Waals surface area contributed by atoms with Crippen molar-refractivity contribution < 1.29 is 9.59 Å². The van der Waals surface area contributed by atoms with Gasteiger partial charge in [-0.1, -0.05) is 48.0 Å². The molecule has 1 aliphatic carbocycles. The second kappa shape index (κ2) is 10.0. The molecule has 0 radical (unpaired) electrons. The number of carbonyl (C=O) groups is 2. The Morgan fingerprint density at radius 2 is 1.97 bits per heavy atom. The van der Waals surface area contributed by atoms with E-state index >= 15 is 0 Å². The Balaban J connectivity index is 1.61. The maximum Gasteiger partial charge on any atom is 0.240 e. The average molecular weight is 549 g/mol. The summed E-state index contributed by atoms with van der Waals surface area (Å²) in [5.41, 5.74) is 4.63. The molecule has 6 rings (SSSR count). The van der Waals surface area contributed by atoms with Crippen molar-refractivity contribution in [3.05, 3.63) is 87.8 Å². The Morgan fingerprint density at radius 1 is 1.14 bits per heavy atom. The predicted octanol–water partition coefficient (Wildman–Crippen LogP) is 6.01. The topological polar surface area (TPSA) is 67.2 Å². The molecule has 2 aromatic carbocycles. The molecule has 2 amide bonds. The number of nitrogens with zero attached hydrogens (tertiary/aromatic N) is 3. The van der Waals surface area contributed by atoms with Gasteiger partial charge in [-0.25, -0.2) is 4.68 Å². The minimum absolute atomic E-state index is 0.0490. The number of nitrogens with one attached hydrogen (secondary N) is 1. The monoisotopic (exact) mass is 548 g/mol. The van der Waals surface area contributed by atoms with E-state index in [-0.39, 0.29) is 35.4 Å². The van der Waals surface area contributed by atoms with Gasteiger partial charge in [0, 0.05) is 16.6 Å². The summed E-state index contributed by atoms with van der Waals surface area (Å²) in [7, 11) is 0. The fourth-order valence-electron chi connectivity index (χ4n) is 4.66. The highest BCUT2D eigenvalue weighted by Crippen LogP contribution is 2.49. The molecule has 6 nitrogen and oxygen atoms in total. The molecule has 3 heterocycles. The summed E-state index contributed by atoms with van der Waals surface area (Å²) in [4.78, 5) is 29.3. The third kappa shape index (κ3) is 4.81. The number of para-hydroxylation sites is 1. The molecule has 2 aliphatic rings. The van der Waals surface area contributed by atoms with Crippen LogP contribution in [0.1, 0.15) is 34.8 Å². The molecule has 9 heteroatoms. The number of rotatable bonds is 6. The molecule has 0 spiro atoms. The van der Waals surface area contributed by atoms with E-state index in [9.17, 15) is 9.59 Å². The van der Waals surface area contributed by atoms with Gasteiger partial charge in [0.2, 0.25) is 11.8 Å². The van der Waals surface area contributed by atoms with Gasteiger partial charge in [0.05, 0.1) is 21.6 Å². The second-order valence-corrected chi connectivity index (χ2v) is 11.8. The fourth-order valence-corrected chi connectivity index (χ4v) is 6.77. The predicted molar refractivity (Wildman–Crippen MR) is 151 cm³/mol. The Labute approximate surface area is 228 Å². The molecule has 37 heavy (non-hydrogen) atoms. The number of aryl methyl sites for hydroxylation is 1. The van der Waals surface area contributed by atoms with Gasteiger partial charge in [0.1, 0.15) is 18.1 Å². The number of fused-ring (bicyclic) bond motifs is 1. The molecule has 188 valence electrons. The van der Waals surface area contributed by atoms with Crippen molar-refractivity contribution in [3.8, 4) is 16.3 Å². The summed E-state index contributed by atoms with van der Waals surface area (Å²) in [5.74, 6) is 0.612. The molecule has 0 unspecified atom stereocenters. The molecular formula is C28H25ClN4O2S2. The molecule has 4 aromatic rings. The van der Waals surface area contributed by atoms with Crippen LogP contribution in [-0.2, 0) is 9.59 Å². The molecule has 0 saturated heterocycles. The quantitative estimate of drug-likeness (QED) is 0.320. The molecule has 1 aliphatic heterocycles. The molecule has 1 atom stereocenters. The Bertz CT molecular complexity index is 1480. The number of amides is 2. The lowest BCUT2D eigenvalue weighted by Gasteiger charge is -2.23. The third-order valence-electron chi connectivity index (χ3n) is 6.58. The van der Waals surface area contributed by atoms with Crippen LogP contribution in [-0.4, -0.2) is 39.9 Å². The van der Waals surface area contributed by atoms with Gasteiger partial charge in [-0.05, 0) is 60.5 Å². The lowest BCUT2D eigenvalue weighted by atomic mass is 10.0.